The number of carbonyl (C=O) groups is 1. The van der Waals surface area contributed by atoms with Crippen molar-refractivity contribution in [1.29, 1.82) is 0 Å². The molecular formula is C12H18O2S. The van der Waals surface area contributed by atoms with Crippen LogP contribution < -0.4 is 0 Å². The zero-order chi connectivity index (χ0) is 11.3. The minimum Gasteiger partial charge on any atom is -0.462 e. The Bertz CT molecular complexity index is 317. The Labute approximate surface area is 95.3 Å². The average Bonchev–Trinajstić information content (AvgIpc) is 2.66. The van der Waals surface area contributed by atoms with Crippen LogP contribution in [0.1, 0.15) is 42.4 Å². The molecule has 0 aliphatic carbocycles. The van der Waals surface area contributed by atoms with Gasteiger partial charge in [0.2, 0.25) is 0 Å². The molecule has 1 heterocycles. The second-order valence-electron chi connectivity index (χ2n) is 3.71. The molecule has 0 aliphatic rings. The highest BCUT2D eigenvalue weighted by atomic mass is 32.1. The predicted octanol–water partition coefficient (Wildman–Crippen LogP) is 3.51. The Morgan fingerprint density at radius 1 is 1.53 bits per heavy atom. The van der Waals surface area contributed by atoms with E-state index in [1.165, 1.54) is 11.3 Å². The highest BCUT2D eigenvalue weighted by Gasteiger charge is 2.15. The summed E-state index contributed by atoms with van der Waals surface area (Å²) in [4.78, 5) is 12.4. The van der Waals surface area contributed by atoms with Crippen molar-refractivity contribution in [3.8, 4) is 0 Å². The van der Waals surface area contributed by atoms with E-state index in [9.17, 15) is 4.79 Å². The first-order valence-corrected chi connectivity index (χ1v) is 6.30. The summed E-state index contributed by atoms with van der Waals surface area (Å²) in [5, 5.41) is 1.96. The third kappa shape index (κ3) is 3.34. The molecule has 1 atom stereocenters. The van der Waals surface area contributed by atoms with Crippen LogP contribution in [0.25, 0.3) is 0 Å². The molecule has 0 spiro atoms. The van der Waals surface area contributed by atoms with Gasteiger partial charge in [0, 0.05) is 0 Å². The van der Waals surface area contributed by atoms with Gasteiger partial charge in [-0.1, -0.05) is 20.3 Å². The summed E-state index contributed by atoms with van der Waals surface area (Å²) in [5.74, 6) is 0.443. The molecule has 1 aromatic rings. The van der Waals surface area contributed by atoms with E-state index in [-0.39, 0.29) is 5.97 Å². The molecule has 0 bridgehead atoms. The molecule has 0 fully saturated rings. The van der Waals surface area contributed by atoms with Crippen LogP contribution in [-0.2, 0) is 11.2 Å². The zero-order valence-electron chi connectivity index (χ0n) is 9.58. The normalized spacial score (nSPS) is 12.5. The van der Waals surface area contributed by atoms with Crippen LogP contribution in [-0.4, -0.2) is 12.6 Å². The molecule has 0 saturated heterocycles. The lowest BCUT2D eigenvalue weighted by atomic mass is 9.99. The first-order chi connectivity index (χ1) is 7.19. The van der Waals surface area contributed by atoms with Crippen molar-refractivity contribution >= 4 is 17.3 Å². The molecule has 0 N–H and O–H groups in total. The number of hydrogen-bond acceptors (Lipinski definition) is 3. The Kier molecular flexibility index (Phi) is 4.82. The lowest BCUT2D eigenvalue weighted by Gasteiger charge is -2.08. The molecule has 1 unspecified atom stereocenters. The van der Waals surface area contributed by atoms with Gasteiger partial charge in [-0.25, -0.2) is 4.79 Å². The number of rotatable bonds is 5. The molecule has 84 valence electrons. The molecule has 0 amide bonds. The van der Waals surface area contributed by atoms with Crippen molar-refractivity contribution in [2.75, 3.05) is 6.61 Å². The van der Waals surface area contributed by atoms with Crippen molar-refractivity contribution in [2.24, 2.45) is 5.92 Å². The average molecular weight is 226 g/mol. The van der Waals surface area contributed by atoms with Crippen LogP contribution in [0, 0.1) is 5.92 Å². The molecule has 1 rings (SSSR count). The van der Waals surface area contributed by atoms with E-state index in [1.54, 1.807) is 0 Å². The molecule has 3 heteroatoms. The quantitative estimate of drug-likeness (QED) is 0.718. The minimum atomic E-state index is -0.175. The number of ether oxygens (including phenoxy) is 1. The van der Waals surface area contributed by atoms with Gasteiger partial charge in [0.15, 0.2) is 0 Å². The summed E-state index contributed by atoms with van der Waals surface area (Å²) < 4.78 is 5.01. The molecule has 0 aliphatic heterocycles. The van der Waals surface area contributed by atoms with Gasteiger partial charge in [-0.15, -0.1) is 11.3 Å². The maximum Gasteiger partial charge on any atom is 0.348 e. The first kappa shape index (κ1) is 12.2. The lowest BCUT2D eigenvalue weighted by Crippen LogP contribution is -2.07. The van der Waals surface area contributed by atoms with Gasteiger partial charge in [-0.3, -0.25) is 0 Å². The van der Waals surface area contributed by atoms with E-state index in [2.05, 4.69) is 13.8 Å². The third-order valence-electron chi connectivity index (χ3n) is 2.47. The maximum absolute atomic E-state index is 11.6. The molecule has 0 radical (unpaired) electrons. The summed E-state index contributed by atoms with van der Waals surface area (Å²) >= 11 is 1.48. The van der Waals surface area contributed by atoms with Gasteiger partial charge < -0.3 is 4.74 Å². The SMILES string of the molecule is CCOC(=O)c1sccc1CC(C)CC. The summed E-state index contributed by atoms with van der Waals surface area (Å²) in [5.41, 5.74) is 1.13. The predicted molar refractivity (Wildman–Crippen MR) is 63.4 cm³/mol. The van der Waals surface area contributed by atoms with Gasteiger partial charge >= 0.3 is 5.97 Å². The van der Waals surface area contributed by atoms with Crippen molar-refractivity contribution < 1.29 is 9.53 Å². The second-order valence-corrected chi connectivity index (χ2v) is 4.63. The standard InChI is InChI=1S/C12H18O2S/c1-4-9(3)8-10-6-7-15-11(10)12(13)14-5-2/h6-7,9H,4-5,8H2,1-3H3. The fourth-order valence-electron chi connectivity index (χ4n) is 1.39. The molecule has 0 saturated carbocycles. The van der Waals surface area contributed by atoms with Crippen molar-refractivity contribution in [1.82, 2.24) is 0 Å². The van der Waals surface area contributed by atoms with Crippen LogP contribution in [0.15, 0.2) is 11.4 Å². The highest BCUT2D eigenvalue weighted by molar-refractivity contribution is 7.12. The monoisotopic (exact) mass is 226 g/mol. The fourth-order valence-corrected chi connectivity index (χ4v) is 2.22. The zero-order valence-corrected chi connectivity index (χ0v) is 10.4. The first-order valence-electron chi connectivity index (χ1n) is 5.42. The second kappa shape index (κ2) is 5.91. The van der Waals surface area contributed by atoms with Gasteiger partial charge in [0.1, 0.15) is 4.88 Å². The van der Waals surface area contributed by atoms with Gasteiger partial charge in [-0.2, -0.15) is 0 Å². The van der Waals surface area contributed by atoms with E-state index >= 15 is 0 Å². The molecule has 1 aromatic heterocycles. The van der Waals surface area contributed by atoms with Crippen molar-refractivity contribution in [2.45, 2.75) is 33.6 Å². The molecule has 15 heavy (non-hydrogen) atoms. The fraction of sp³-hybridized carbons (Fsp3) is 0.583. The lowest BCUT2D eigenvalue weighted by molar-refractivity contribution is 0.0531. The largest absolute Gasteiger partial charge is 0.462 e. The summed E-state index contributed by atoms with van der Waals surface area (Å²) in [6.07, 6.45) is 2.10. The molecule has 0 aromatic carbocycles. The topological polar surface area (TPSA) is 26.3 Å². The van der Waals surface area contributed by atoms with Crippen molar-refractivity contribution in [3.05, 3.63) is 21.9 Å². The van der Waals surface area contributed by atoms with Crippen LogP contribution in [0.4, 0.5) is 0 Å². The van der Waals surface area contributed by atoms with E-state index in [0.717, 1.165) is 23.3 Å². The van der Waals surface area contributed by atoms with E-state index in [0.29, 0.717) is 12.5 Å². The summed E-state index contributed by atoms with van der Waals surface area (Å²) in [7, 11) is 0. The Morgan fingerprint density at radius 2 is 2.27 bits per heavy atom. The van der Waals surface area contributed by atoms with E-state index in [4.69, 9.17) is 4.74 Å². The van der Waals surface area contributed by atoms with Crippen LogP contribution >= 0.6 is 11.3 Å². The van der Waals surface area contributed by atoms with E-state index < -0.39 is 0 Å². The minimum absolute atomic E-state index is 0.175. The van der Waals surface area contributed by atoms with E-state index in [1.807, 2.05) is 18.4 Å². The van der Waals surface area contributed by atoms with Crippen LogP contribution in [0.3, 0.4) is 0 Å². The van der Waals surface area contributed by atoms with Crippen molar-refractivity contribution in [3.63, 3.8) is 0 Å². The number of thiophene rings is 1. The summed E-state index contributed by atoms with van der Waals surface area (Å²) in [6, 6.07) is 2.03. The highest BCUT2D eigenvalue weighted by Crippen LogP contribution is 2.22. The maximum atomic E-state index is 11.6. The van der Waals surface area contributed by atoms with Gasteiger partial charge in [-0.05, 0) is 36.3 Å². The van der Waals surface area contributed by atoms with Gasteiger partial charge in [0.25, 0.3) is 0 Å². The Balaban J connectivity index is 2.73. The Morgan fingerprint density at radius 3 is 2.87 bits per heavy atom. The Hall–Kier alpha value is -0.830. The molecular weight excluding hydrogens is 208 g/mol. The molecule has 2 nitrogen and oxygen atoms in total. The van der Waals surface area contributed by atoms with Crippen LogP contribution in [0.2, 0.25) is 0 Å². The smallest absolute Gasteiger partial charge is 0.348 e. The summed E-state index contributed by atoms with van der Waals surface area (Å²) in [6.45, 7) is 6.65. The number of esters is 1. The number of carbonyl (C=O) groups excluding carboxylic acids is 1. The van der Waals surface area contributed by atoms with Crippen LogP contribution in [0.5, 0.6) is 0 Å². The number of hydrogen-bond donors (Lipinski definition) is 0. The third-order valence-corrected chi connectivity index (χ3v) is 3.41. The van der Waals surface area contributed by atoms with Gasteiger partial charge in [0.05, 0.1) is 6.61 Å².